The van der Waals surface area contributed by atoms with E-state index in [4.69, 9.17) is 4.74 Å². The van der Waals surface area contributed by atoms with Gasteiger partial charge >= 0.3 is 43.7 Å². The second kappa shape index (κ2) is 23.3. The van der Waals surface area contributed by atoms with Crippen LogP contribution in [0, 0.1) is 5.41 Å². The second-order valence-electron chi connectivity index (χ2n) is 8.33. The molecule has 0 radical (unpaired) electrons. The van der Waals surface area contributed by atoms with Gasteiger partial charge in [0.25, 0.3) is 0 Å². The Balaban J connectivity index is 0. The molecule has 0 aromatic rings. The molecule has 29 heavy (non-hydrogen) atoms. The molecule has 0 amide bonds. The van der Waals surface area contributed by atoms with Crippen LogP contribution in [0.4, 0.5) is 0 Å². The summed E-state index contributed by atoms with van der Waals surface area (Å²) in [7, 11) is 0. The van der Waals surface area contributed by atoms with Crippen molar-refractivity contribution in [1.82, 2.24) is 0 Å². The van der Waals surface area contributed by atoms with Crippen LogP contribution in [0.2, 0.25) is 0 Å². The van der Waals surface area contributed by atoms with Gasteiger partial charge in [-0.2, -0.15) is 0 Å². The topological polar surface area (TPSA) is 87.0 Å². The summed E-state index contributed by atoms with van der Waals surface area (Å²) in [6.07, 6.45) is 19.6. The van der Waals surface area contributed by atoms with Crippen molar-refractivity contribution in [2.75, 3.05) is 26.4 Å². The molecule has 3 N–H and O–H groups in total. The number of aliphatic hydroxyl groups excluding tert-OH is 3. The summed E-state index contributed by atoms with van der Waals surface area (Å²) in [5.74, 6) is -0.325. The summed E-state index contributed by atoms with van der Waals surface area (Å²) >= 11 is 0. The Morgan fingerprint density at radius 1 is 0.655 bits per heavy atom. The summed E-state index contributed by atoms with van der Waals surface area (Å²) in [5.41, 5.74) is -1.13. The van der Waals surface area contributed by atoms with Crippen LogP contribution in [0.5, 0.6) is 0 Å². The van der Waals surface area contributed by atoms with E-state index in [1.165, 1.54) is 77.0 Å². The van der Waals surface area contributed by atoms with Crippen LogP contribution in [-0.4, -0.2) is 85.5 Å². The van der Waals surface area contributed by atoms with Crippen molar-refractivity contribution in [3.05, 3.63) is 0 Å². The van der Waals surface area contributed by atoms with Gasteiger partial charge in [0.15, 0.2) is 0 Å². The molecule has 0 heterocycles. The average Bonchev–Trinajstić information content (AvgIpc) is 2.72. The van der Waals surface area contributed by atoms with Gasteiger partial charge in [-0.15, -0.1) is 0 Å². The van der Waals surface area contributed by atoms with Gasteiger partial charge in [-0.05, 0) is 6.42 Å². The van der Waals surface area contributed by atoms with Crippen LogP contribution < -0.4 is 0 Å². The van der Waals surface area contributed by atoms with Crippen molar-refractivity contribution in [2.24, 2.45) is 5.41 Å². The Morgan fingerprint density at radius 2 is 1.00 bits per heavy atom. The summed E-state index contributed by atoms with van der Waals surface area (Å²) in [5, 5.41) is 27.6. The maximum absolute atomic E-state index is 11.7. The standard InChI is InChI=1S/C23H46O5.Ca.2H/c1-2-3-4-5-6-7-8-9-10-11-12-13-14-15-16-17-22(27)28-21-23(18-24,19-25)20-26;;;/h24-26H,2-21H2,1H3;;;. The van der Waals surface area contributed by atoms with Gasteiger partial charge in [0.2, 0.25) is 0 Å². The van der Waals surface area contributed by atoms with E-state index < -0.39 is 25.2 Å². The molecular formula is C23H48CaO5. The number of aliphatic hydroxyl groups is 3. The van der Waals surface area contributed by atoms with Gasteiger partial charge < -0.3 is 20.1 Å². The number of ether oxygens (including phenoxy) is 1. The summed E-state index contributed by atoms with van der Waals surface area (Å²) in [6.45, 7) is 0.884. The molecule has 0 aliphatic rings. The fourth-order valence-electron chi connectivity index (χ4n) is 3.23. The normalized spacial score (nSPS) is 11.3. The Labute approximate surface area is 209 Å². The van der Waals surface area contributed by atoms with E-state index in [1.54, 1.807) is 0 Å². The molecule has 0 unspecified atom stereocenters. The van der Waals surface area contributed by atoms with E-state index in [9.17, 15) is 20.1 Å². The summed E-state index contributed by atoms with van der Waals surface area (Å²) in [6, 6.07) is 0. The van der Waals surface area contributed by atoms with Gasteiger partial charge in [-0.1, -0.05) is 96.8 Å². The van der Waals surface area contributed by atoms with Gasteiger partial charge in [-0.3, -0.25) is 4.79 Å². The fourth-order valence-corrected chi connectivity index (χ4v) is 3.23. The number of hydrogen-bond acceptors (Lipinski definition) is 5. The maximum atomic E-state index is 11.7. The first kappa shape index (κ1) is 31.8. The Hall–Kier alpha value is 0.610. The van der Waals surface area contributed by atoms with Crippen molar-refractivity contribution in [3.8, 4) is 0 Å². The van der Waals surface area contributed by atoms with Gasteiger partial charge in [0.1, 0.15) is 6.61 Å². The third-order valence-electron chi connectivity index (χ3n) is 5.53. The number of carbonyl (C=O) groups is 1. The molecule has 0 bridgehead atoms. The molecule has 0 aromatic heterocycles. The van der Waals surface area contributed by atoms with Crippen LogP contribution in [0.25, 0.3) is 0 Å². The Morgan fingerprint density at radius 3 is 1.34 bits per heavy atom. The molecule has 0 spiro atoms. The van der Waals surface area contributed by atoms with Crippen molar-refractivity contribution >= 4 is 43.7 Å². The molecule has 0 aromatic carbocycles. The molecule has 6 heteroatoms. The zero-order valence-corrected chi connectivity index (χ0v) is 18.3. The van der Waals surface area contributed by atoms with E-state index in [2.05, 4.69) is 6.92 Å². The van der Waals surface area contributed by atoms with E-state index >= 15 is 0 Å². The quantitative estimate of drug-likeness (QED) is 0.142. The molecule has 0 saturated heterocycles. The zero-order chi connectivity index (χ0) is 20.9. The van der Waals surface area contributed by atoms with Crippen LogP contribution in [0.1, 0.15) is 110 Å². The number of esters is 1. The summed E-state index contributed by atoms with van der Waals surface area (Å²) < 4.78 is 5.08. The molecule has 172 valence electrons. The van der Waals surface area contributed by atoms with Gasteiger partial charge in [-0.25, -0.2) is 0 Å². The average molecular weight is 445 g/mol. The van der Waals surface area contributed by atoms with E-state index in [0.717, 1.165) is 19.3 Å². The number of carbonyl (C=O) groups excluding carboxylic acids is 1. The minimum absolute atomic E-state index is 0. The predicted molar refractivity (Wildman–Crippen MR) is 123 cm³/mol. The van der Waals surface area contributed by atoms with E-state index in [0.29, 0.717) is 6.42 Å². The van der Waals surface area contributed by atoms with Crippen LogP contribution in [0.15, 0.2) is 0 Å². The van der Waals surface area contributed by atoms with Crippen LogP contribution in [0.3, 0.4) is 0 Å². The third kappa shape index (κ3) is 19.1. The molecular weight excluding hydrogens is 396 g/mol. The SMILES string of the molecule is CCCCCCCCCCCCCCCCCC(=O)OCC(CO)(CO)CO.[CaH2]. The fraction of sp³-hybridized carbons (Fsp3) is 0.957. The van der Waals surface area contributed by atoms with Gasteiger partial charge in [0, 0.05) is 6.42 Å². The third-order valence-corrected chi connectivity index (χ3v) is 5.53. The number of hydrogen-bond donors (Lipinski definition) is 3. The van der Waals surface area contributed by atoms with Crippen molar-refractivity contribution in [2.45, 2.75) is 110 Å². The zero-order valence-electron chi connectivity index (χ0n) is 18.3. The predicted octanol–water partition coefficient (Wildman–Crippen LogP) is 3.84. The van der Waals surface area contributed by atoms with Crippen molar-refractivity contribution in [1.29, 1.82) is 0 Å². The van der Waals surface area contributed by atoms with Crippen LogP contribution >= 0.6 is 0 Å². The molecule has 0 aliphatic carbocycles. The Bertz CT molecular complexity index is 340. The second-order valence-corrected chi connectivity index (χ2v) is 8.33. The van der Waals surface area contributed by atoms with E-state index in [1.807, 2.05) is 0 Å². The molecule has 0 aliphatic heterocycles. The van der Waals surface area contributed by atoms with Crippen molar-refractivity contribution in [3.63, 3.8) is 0 Å². The first-order valence-corrected chi connectivity index (χ1v) is 11.6. The monoisotopic (exact) mass is 444 g/mol. The van der Waals surface area contributed by atoms with Crippen LogP contribution in [-0.2, 0) is 9.53 Å². The molecule has 0 rings (SSSR count). The molecule has 5 nitrogen and oxygen atoms in total. The van der Waals surface area contributed by atoms with E-state index in [-0.39, 0.29) is 50.3 Å². The van der Waals surface area contributed by atoms with Gasteiger partial charge in [0.05, 0.1) is 25.2 Å². The first-order valence-electron chi connectivity index (χ1n) is 11.6. The minimum atomic E-state index is -1.13. The van der Waals surface area contributed by atoms with Crippen molar-refractivity contribution < 1.29 is 24.9 Å². The first-order chi connectivity index (χ1) is 13.6. The Kier molecular flexibility index (Phi) is 25.5. The molecule has 0 fully saturated rings. The summed E-state index contributed by atoms with van der Waals surface area (Å²) in [4.78, 5) is 11.7. The number of unbranched alkanes of at least 4 members (excludes halogenated alkanes) is 14. The number of rotatable bonds is 21. The molecule has 0 saturated carbocycles. The molecule has 0 atom stereocenters.